The zero-order valence-electron chi connectivity index (χ0n) is 14.3. The molecule has 0 unspecified atom stereocenters. The van der Waals surface area contributed by atoms with Crippen LogP contribution in [0.2, 0.25) is 0 Å². The summed E-state index contributed by atoms with van der Waals surface area (Å²) in [6, 6.07) is 6.96. The van der Waals surface area contributed by atoms with Crippen molar-refractivity contribution in [3.63, 3.8) is 0 Å². The molecule has 1 N–H and O–H groups in total. The lowest BCUT2D eigenvalue weighted by Crippen LogP contribution is -2.21. The molecule has 124 valence electrons. The first-order valence-corrected chi connectivity index (χ1v) is 7.78. The maximum absolute atomic E-state index is 12.9. The van der Waals surface area contributed by atoms with E-state index in [-0.39, 0.29) is 18.1 Å². The summed E-state index contributed by atoms with van der Waals surface area (Å²) in [7, 11) is 1.50. The highest BCUT2D eigenvalue weighted by Gasteiger charge is 2.26. The van der Waals surface area contributed by atoms with Gasteiger partial charge in [0.2, 0.25) is 0 Å². The Balaban J connectivity index is 2.02. The number of ketones is 1. The molecule has 0 bridgehead atoms. The number of hydrogen-bond acceptors (Lipinski definition) is 4. The van der Waals surface area contributed by atoms with Crippen LogP contribution in [-0.4, -0.2) is 24.6 Å². The number of rotatable bonds is 2. The van der Waals surface area contributed by atoms with Crippen molar-refractivity contribution in [1.82, 2.24) is 0 Å². The first-order chi connectivity index (χ1) is 11.4. The Hall–Kier alpha value is -2.75. The van der Waals surface area contributed by atoms with E-state index < -0.39 is 0 Å². The Morgan fingerprint density at radius 3 is 2.58 bits per heavy atom. The number of carbonyl (C=O) groups is 1. The van der Waals surface area contributed by atoms with Gasteiger partial charge >= 0.3 is 0 Å². The highest BCUT2D eigenvalue weighted by Crippen LogP contribution is 2.34. The summed E-state index contributed by atoms with van der Waals surface area (Å²) in [5, 5.41) is 9.89. The number of aromatic hydroxyl groups is 1. The van der Waals surface area contributed by atoms with Crippen molar-refractivity contribution >= 4 is 11.9 Å². The van der Waals surface area contributed by atoms with Crippen molar-refractivity contribution < 1.29 is 19.4 Å². The van der Waals surface area contributed by atoms with E-state index in [0.29, 0.717) is 22.6 Å². The van der Waals surface area contributed by atoms with Crippen molar-refractivity contribution in [3.8, 4) is 17.2 Å². The molecule has 1 heterocycles. The van der Waals surface area contributed by atoms with E-state index in [1.807, 2.05) is 26.8 Å². The molecule has 0 amide bonds. The first kappa shape index (κ1) is 16.1. The number of aryl methyl sites for hydroxylation is 1. The van der Waals surface area contributed by atoms with Gasteiger partial charge in [-0.3, -0.25) is 4.79 Å². The Bertz CT molecular complexity index is 862. The number of methoxy groups -OCH3 is 1. The van der Waals surface area contributed by atoms with Gasteiger partial charge in [-0.1, -0.05) is 6.07 Å². The molecular formula is C20H20O4. The predicted molar refractivity (Wildman–Crippen MR) is 93.1 cm³/mol. The summed E-state index contributed by atoms with van der Waals surface area (Å²) in [4.78, 5) is 12.9. The second-order valence-corrected chi connectivity index (χ2v) is 6.04. The number of Topliss-reactive ketones (excluding diaryl/α,β-unsaturated/α-hetero) is 1. The van der Waals surface area contributed by atoms with Crippen molar-refractivity contribution in [3.05, 3.63) is 57.7 Å². The third-order valence-corrected chi connectivity index (χ3v) is 4.57. The molecule has 1 aliphatic heterocycles. The monoisotopic (exact) mass is 324 g/mol. The fourth-order valence-electron chi connectivity index (χ4n) is 2.93. The summed E-state index contributed by atoms with van der Waals surface area (Å²) < 4.78 is 10.8. The van der Waals surface area contributed by atoms with Gasteiger partial charge < -0.3 is 14.6 Å². The molecule has 0 saturated carbocycles. The topological polar surface area (TPSA) is 55.8 Å². The lowest BCUT2D eigenvalue weighted by Gasteiger charge is -2.23. The van der Waals surface area contributed by atoms with Gasteiger partial charge in [0, 0.05) is 5.57 Å². The number of phenols is 1. The molecule has 4 heteroatoms. The molecule has 0 radical (unpaired) electrons. The van der Waals surface area contributed by atoms with Crippen LogP contribution in [0.1, 0.15) is 32.6 Å². The first-order valence-electron chi connectivity index (χ1n) is 7.78. The average Bonchev–Trinajstić information content (AvgIpc) is 2.55. The molecule has 0 saturated heterocycles. The normalized spacial score (nSPS) is 15.2. The molecule has 24 heavy (non-hydrogen) atoms. The van der Waals surface area contributed by atoms with Crippen LogP contribution in [0.15, 0.2) is 29.8 Å². The van der Waals surface area contributed by atoms with E-state index in [0.717, 1.165) is 22.3 Å². The standard InChI is InChI=1S/C20H20O4/c1-11-7-18-19(13(3)12(11)2)20(22)15(10-24-18)8-14-5-6-17(23-4)16(21)9-14/h5-9,21H,10H2,1-4H3/b15-8+. The van der Waals surface area contributed by atoms with E-state index in [2.05, 4.69) is 0 Å². The lowest BCUT2D eigenvalue weighted by molar-refractivity contribution is 0.1000. The summed E-state index contributed by atoms with van der Waals surface area (Å²) in [5.41, 5.74) is 5.11. The molecule has 2 aromatic rings. The summed E-state index contributed by atoms with van der Waals surface area (Å²) in [6.45, 7) is 6.20. The smallest absolute Gasteiger partial charge is 0.196 e. The number of phenolic OH excluding ortho intramolecular Hbond substituents is 1. The van der Waals surface area contributed by atoms with Crippen LogP contribution in [-0.2, 0) is 0 Å². The highest BCUT2D eigenvalue weighted by molar-refractivity contribution is 6.15. The molecule has 0 aliphatic carbocycles. The van der Waals surface area contributed by atoms with E-state index in [9.17, 15) is 9.90 Å². The third kappa shape index (κ3) is 2.64. The number of hydrogen-bond donors (Lipinski definition) is 1. The van der Waals surface area contributed by atoms with Crippen LogP contribution < -0.4 is 9.47 Å². The minimum absolute atomic E-state index is 0.0212. The van der Waals surface area contributed by atoms with E-state index in [1.165, 1.54) is 7.11 Å². The van der Waals surface area contributed by atoms with Crippen LogP contribution >= 0.6 is 0 Å². The van der Waals surface area contributed by atoms with Crippen molar-refractivity contribution in [1.29, 1.82) is 0 Å². The lowest BCUT2D eigenvalue weighted by atomic mass is 9.90. The van der Waals surface area contributed by atoms with Gasteiger partial charge in [-0.05, 0) is 67.3 Å². The summed E-state index contributed by atoms with van der Waals surface area (Å²) >= 11 is 0. The van der Waals surface area contributed by atoms with Crippen LogP contribution in [0, 0.1) is 20.8 Å². The molecule has 1 aliphatic rings. The Kier molecular flexibility index (Phi) is 4.06. The van der Waals surface area contributed by atoms with Gasteiger partial charge in [0.1, 0.15) is 12.4 Å². The number of ether oxygens (including phenoxy) is 2. The largest absolute Gasteiger partial charge is 0.504 e. The molecular weight excluding hydrogens is 304 g/mol. The minimum Gasteiger partial charge on any atom is -0.504 e. The molecule has 0 atom stereocenters. The van der Waals surface area contributed by atoms with Crippen molar-refractivity contribution in [2.24, 2.45) is 0 Å². The molecule has 0 spiro atoms. The van der Waals surface area contributed by atoms with E-state index >= 15 is 0 Å². The molecule has 2 aromatic carbocycles. The maximum Gasteiger partial charge on any atom is 0.196 e. The minimum atomic E-state index is -0.0212. The zero-order valence-corrected chi connectivity index (χ0v) is 14.3. The predicted octanol–water partition coefficient (Wildman–Crippen LogP) is 3.98. The fraction of sp³-hybridized carbons (Fsp3) is 0.250. The molecule has 4 nitrogen and oxygen atoms in total. The molecule has 3 rings (SSSR count). The van der Waals surface area contributed by atoms with Crippen molar-refractivity contribution in [2.45, 2.75) is 20.8 Å². The summed E-state index contributed by atoms with van der Waals surface area (Å²) in [6.07, 6.45) is 1.75. The van der Waals surface area contributed by atoms with E-state index in [1.54, 1.807) is 24.3 Å². The number of fused-ring (bicyclic) bond motifs is 1. The Morgan fingerprint density at radius 2 is 1.92 bits per heavy atom. The second kappa shape index (κ2) is 6.04. The van der Waals surface area contributed by atoms with Crippen LogP contribution in [0.4, 0.5) is 0 Å². The van der Waals surface area contributed by atoms with Gasteiger partial charge in [0.05, 0.1) is 12.7 Å². The average molecular weight is 324 g/mol. The molecule has 0 aromatic heterocycles. The van der Waals surface area contributed by atoms with Gasteiger partial charge in [-0.2, -0.15) is 0 Å². The summed E-state index contributed by atoms with van der Waals surface area (Å²) in [5.74, 6) is 1.07. The van der Waals surface area contributed by atoms with Gasteiger partial charge in [0.15, 0.2) is 17.3 Å². The number of benzene rings is 2. The highest BCUT2D eigenvalue weighted by atomic mass is 16.5. The number of carbonyl (C=O) groups excluding carboxylic acids is 1. The van der Waals surface area contributed by atoms with Crippen LogP contribution in [0.3, 0.4) is 0 Å². The van der Waals surface area contributed by atoms with Crippen molar-refractivity contribution in [2.75, 3.05) is 13.7 Å². The van der Waals surface area contributed by atoms with E-state index in [4.69, 9.17) is 9.47 Å². The Morgan fingerprint density at radius 1 is 1.17 bits per heavy atom. The van der Waals surface area contributed by atoms with Gasteiger partial charge in [-0.15, -0.1) is 0 Å². The van der Waals surface area contributed by atoms with Crippen LogP contribution in [0.25, 0.3) is 6.08 Å². The quantitative estimate of drug-likeness (QED) is 0.849. The van der Waals surface area contributed by atoms with Crippen LogP contribution in [0.5, 0.6) is 17.2 Å². The van der Waals surface area contributed by atoms with Gasteiger partial charge in [-0.25, -0.2) is 0 Å². The Labute approximate surface area is 141 Å². The van der Waals surface area contributed by atoms with Gasteiger partial charge in [0.25, 0.3) is 0 Å². The zero-order chi connectivity index (χ0) is 17.4. The third-order valence-electron chi connectivity index (χ3n) is 4.57. The SMILES string of the molecule is COc1ccc(/C=C2\COc3cc(C)c(C)c(C)c3C2=O)cc1O. The second-order valence-electron chi connectivity index (χ2n) is 6.04. The maximum atomic E-state index is 12.9. The fourth-order valence-corrected chi connectivity index (χ4v) is 2.93. The molecule has 0 fully saturated rings.